The quantitative estimate of drug-likeness (QED) is 0.258. The number of morpholine rings is 1. The summed E-state index contributed by atoms with van der Waals surface area (Å²) < 4.78 is 15.8. The molecular formula is C29H28N4O7. The fourth-order valence-corrected chi connectivity index (χ4v) is 4.34. The zero-order chi connectivity index (χ0) is 27.9. The van der Waals surface area contributed by atoms with Gasteiger partial charge in [0, 0.05) is 23.5 Å². The molecule has 2 heterocycles. The van der Waals surface area contributed by atoms with E-state index in [1.165, 1.54) is 4.90 Å². The second-order valence-electron chi connectivity index (χ2n) is 9.19. The molecule has 2 atom stereocenters. The van der Waals surface area contributed by atoms with E-state index in [-0.39, 0.29) is 12.4 Å². The van der Waals surface area contributed by atoms with Gasteiger partial charge in [0.25, 0.3) is 11.8 Å². The number of rotatable bonds is 10. The molecule has 11 nitrogen and oxygen atoms in total. The van der Waals surface area contributed by atoms with Crippen molar-refractivity contribution in [1.29, 1.82) is 0 Å². The highest BCUT2D eigenvalue weighted by Gasteiger charge is 2.39. The molecule has 40 heavy (non-hydrogen) atoms. The molecule has 3 N–H and O–H groups in total. The molecule has 0 unspecified atom stereocenters. The number of ether oxygens (including phenoxy) is 2. The number of aromatic amines is 1. The Kier molecular flexibility index (Phi) is 8.45. The average Bonchev–Trinajstić information content (AvgIpc) is 3.42. The van der Waals surface area contributed by atoms with E-state index in [0.29, 0.717) is 43.1 Å². The van der Waals surface area contributed by atoms with Gasteiger partial charge in [0.2, 0.25) is 0 Å². The number of carbonyl (C=O) groups excluding carboxylic acids is 2. The summed E-state index contributed by atoms with van der Waals surface area (Å²) in [7, 11) is 0. The summed E-state index contributed by atoms with van der Waals surface area (Å²) in [6.07, 6.45) is -2.42. The zero-order valence-electron chi connectivity index (χ0n) is 21.5. The maximum absolute atomic E-state index is 13.2. The number of hydrogen-bond donors (Lipinski definition) is 3. The maximum Gasteiger partial charge on any atom is 0.439 e. The van der Waals surface area contributed by atoms with Gasteiger partial charge in [-0.15, -0.1) is 0 Å². The molecule has 1 aromatic heterocycles. The van der Waals surface area contributed by atoms with Crippen LogP contribution >= 0.6 is 0 Å². The number of nitrogens with one attached hydrogen (secondary N) is 2. The Labute approximate surface area is 229 Å². The SMILES string of the molecule is O=C(Nc1ccc(-c2noc(=O)[nH]2)cc1)[C@H](O)[C@H]1OCCN(c2cccc(CCOCc3ccccc3)c2)C1=O. The summed E-state index contributed by atoms with van der Waals surface area (Å²) in [4.78, 5) is 41.1. The van der Waals surface area contributed by atoms with Gasteiger partial charge in [-0.3, -0.25) is 19.1 Å². The first-order chi connectivity index (χ1) is 19.5. The minimum Gasteiger partial charge on any atom is -0.380 e. The third-order valence-electron chi connectivity index (χ3n) is 6.41. The third-order valence-corrected chi connectivity index (χ3v) is 6.41. The molecule has 0 saturated carbocycles. The van der Waals surface area contributed by atoms with Crippen LogP contribution in [-0.2, 0) is 32.1 Å². The van der Waals surface area contributed by atoms with Crippen molar-refractivity contribution in [1.82, 2.24) is 10.1 Å². The lowest BCUT2D eigenvalue weighted by atomic mass is 10.1. The van der Waals surface area contributed by atoms with Crippen LogP contribution in [0.15, 0.2) is 88.2 Å². The van der Waals surface area contributed by atoms with Crippen LogP contribution in [0.4, 0.5) is 11.4 Å². The van der Waals surface area contributed by atoms with Crippen molar-refractivity contribution in [3.05, 3.63) is 101 Å². The van der Waals surface area contributed by atoms with Crippen molar-refractivity contribution in [2.75, 3.05) is 30.0 Å². The molecule has 1 aliphatic rings. The first-order valence-corrected chi connectivity index (χ1v) is 12.8. The molecule has 11 heteroatoms. The van der Waals surface area contributed by atoms with Crippen molar-refractivity contribution in [3.8, 4) is 11.4 Å². The number of carbonyl (C=O) groups is 2. The molecule has 0 bridgehead atoms. The predicted octanol–water partition coefficient (Wildman–Crippen LogP) is 2.52. The molecule has 1 saturated heterocycles. The molecule has 2 amide bonds. The Morgan fingerprint density at radius 2 is 1.85 bits per heavy atom. The first kappa shape index (κ1) is 27.0. The highest BCUT2D eigenvalue weighted by molar-refractivity contribution is 6.03. The molecule has 3 aromatic carbocycles. The van der Waals surface area contributed by atoms with Crippen LogP contribution in [0, 0.1) is 0 Å². The van der Waals surface area contributed by atoms with E-state index in [2.05, 4.69) is 20.0 Å². The highest BCUT2D eigenvalue weighted by atomic mass is 16.5. The van der Waals surface area contributed by atoms with Crippen LogP contribution in [0.3, 0.4) is 0 Å². The van der Waals surface area contributed by atoms with Crippen LogP contribution in [0.2, 0.25) is 0 Å². The summed E-state index contributed by atoms with van der Waals surface area (Å²) >= 11 is 0. The van der Waals surface area contributed by atoms with Crippen LogP contribution < -0.4 is 16.0 Å². The number of H-pyrrole nitrogens is 1. The van der Waals surface area contributed by atoms with E-state index in [1.807, 2.05) is 54.6 Å². The van der Waals surface area contributed by atoms with Gasteiger partial charge in [0.1, 0.15) is 0 Å². The van der Waals surface area contributed by atoms with Gasteiger partial charge in [0.15, 0.2) is 18.0 Å². The lowest BCUT2D eigenvalue weighted by molar-refractivity contribution is -0.150. The molecule has 1 fully saturated rings. The number of nitrogens with zero attached hydrogens (tertiary/aromatic N) is 2. The number of benzene rings is 3. The Balaban J connectivity index is 1.17. The number of aromatic nitrogens is 2. The van der Waals surface area contributed by atoms with E-state index in [0.717, 1.165) is 11.1 Å². The largest absolute Gasteiger partial charge is 0.439 e. The monoisotopic (exact) mass is 544 g/mol. The Hall–Kier alpha value is -4.58. The molecule has 0 spiro atoms. The summed E-state index contributed by atoms with van der Waals surface area (Å²) in [6.45, 7) is 1.50. The fourth-order valence-electron chi connectivity index (χ4n) is 4.34. The topological polar surface area (TPSA) is 147 Å². The van der Waals surface area contributed by atoms with Crippen molar-refractivity contribution in [2.45, 2.75) is 25.2 Å². The molecule has 5 rings (SSSR count). The molecule has 206 valence electrons. The molecule has 1 aliphatic heterocycles. The van der Waals surface area contributed by atoms with E-state index in [1.54, 1.807) is 24.3 Å². The number of aliphatic hydroxyl groups excluding tert-OH is 1. The summed E-state index contributed by atoms with van der Waals surface area (Å²) in [5.74, 6) is -1.72. The van der Waals surface area contributed by atoms with Crippen molar-refractivity contribution >= 4 is 23.2 Å². The molecule has 0 aliphatic carbocycles. The predicted molar refractivity (Wildman–Crippen MR) is 146 cm³/mol. The lowest BCUT2D eigenvalue weighted by Crippen LogP contribution is -2.55. The maximum atomic E-state index is 13.2. The zero-order valence-corrected chi connectivity index (χ0v) is 21.5. The highest BCUT2D eigenvalue weighted by Crippen LogP contribution is 2.23. The van der Waals surface area contributed by atoms with Gasteiger partial charge in [-0.05, 0) is 53.9 Å². The Morgan fingerprint density at radius 3 is 2.60 bits per heavy atom. The van der Waals surface area contributed by atoms with Gasteiger partial charge in [-0.25, -0.2) is 4.79 Å². The van der Waals surface area contributed by atoms with Gasteiger partial charge >= 0.3 is 5.76 Å². The lowest BCUT2D eigenvalue weighted by Gasteiger charge is -2.34. The van der Waals surface area contributed by atoms with Crippen LogP contribution in [-0.4, -0.2) is 59.0 Å². The Bertz CT molecular complexity index is 1500. The molecule has 0 radical (unpaired) electrons. The van der Waals surface area contributed by atoms with Crippen molar-refractivity contribution < 1.29 is 28.7 Å². The van der Waals surface area contributed by atoms with Gasteiger partial charge < -0.3 is 24.8 Å². The van der Waals surface area contributed by atoms with Crippen LogP contribution in [0.25, 0.3) is 11.4 Å². The molecule has 4 aromatic rings. The van der Waals surface area contributed by atoms with E-state index < -0.39 is 29.8 Å². The van der Waals surface area contributed by atoms with Gasteiger partial charge in [-0.1, -0.05) is 47.6 Å². The van der Waals surface area contributed by atoms with Crippen LogP contribution in [0.5, 0.6) is 0 Å². The standard InChI is InChI=1S/C29H28N4O7/c34-24(27(35)30-22-11-9-21(10-12-22)26-31-29(37)40-32-26)25-28(36)33(14-16-39-25)23-8-4-7-19(17-23)13-15-38-18-20-5-2-1-3-6-20/h1-12,17,24-25,34H,13-16,18H2,(H,30,35)(H,31,32,37)/t24-,25-/m1/s1. The smallest absolute Gasteiger partial charge is 0.380 e. The number of aliphatic hydroxyl groups is 1. The molecular weight excluding hydrogens is 516 g/mol. The second-order valence-corrected chi connectivity index (χ2v) is 9.19. The summed E-state index contributed by atoms with van der Waals surface area (Å²) in [5.41, 5.74) is 3.70. The number of amides is 2. The van der Waals surface area contributed by atoms with E-state index in [4.69, 9.17) is 9.47 Å². The minimum atomic E-state index is -1.73. The fraction of sp³-hybridized carbons (Fsp3) is 0.241. The van der Waals surface area contributed by atoms with Crippen molar-refractivity contribution in [2.24, 2.45) is 0 Å². The third kappa shape index (κ3) is 6.52. The van der Waals surface area contributed by atoms with Gasteiger partial charge in [0.05, 0.1) is 19.8 Å². The normalized spacial score (nSPS) is 16.1. The summed E-state index contributed by atoms with van der Waals surface area (Å²) in [5, 5.41) is 16.9. The number of anilines is 2. The van der Waals surface area contributed by atoms with Crippen molar-refractivity contribution in [3.63, 3.8) is 0 Å². The van der Waals surface area contributed by atoms with E-state index >= 15 is 0 Å². The van der Waals surface area contributed by atoms with Gasteiger partial charge in [-0.2, -0.15) is 0 Å². The first-order valence-electron chi connectivity index (χ1n) is 12.8. The average molecular weight is 545 g/mol. The minimum absolute atomic E-state index is 0.162. The second kappa shape index (κ2) is 12.5. The Morgan fingerprint density at radius 1 is 1.07 bits per heavy atom. The summed E-state index contributed by atoms with van der Waals surface area (Å²) in [6, 6.07) is 23.8. The van der Waals surface area contributed by atoms with E-state index in [9.17, 15) is 19.5 Å². The number of hydrogen-bond acceptors (Lipinski definition) is 8. The van der Waals surface area contributed by atoms with Crippen LogP contribution in [0.1, 0.15) is 11.1 Å².